The standard InChI is InChI=1S/C16H15F3N4O3/c17-16(18,19)13-6-9-23(21-13)10-4-7-22(8-5-10)14(24)11-2-1-3-12(20-11)15(25)26/h1-3,6,9-10H,4-5,7-8H2,(H,25,26). The van der Waals surface area contributed by atoms with E-state index in [1.807, 2.05) is 0 Å². The van der Waals surface area contributed by atoms with Crippen LogP contribution >= 0.6 is 0 Å². The zero-order valence-corrected chi connectivity index (χ0v) is 13.5. The third kappa shape index (κ3) is 3.68. The van der Waals surface area contributed by atoms with Gasteiger partial charge in [-0.25, -0.2) is 9.78 Å². The summed E-state index contributed by atoms with van der Waals surface area (Å²) in [6, 6.07) is 4.87. The Bertz CT molecular complexity index is 826. The first kappa shape index (κ1) is 17.9. The molecule has 138 valence electrons. The second-order valence-electron chi connectivity index (χ2n) is 5.92. The van der Waals surface area contributed by atoms with Crippen molar-refractivity contribution < 1.29 is 27.9 Å². The van der Waals surface area contributed by atoms with Crippen molar-refractivity contribution >= 4 is 11.9 Å². The van der Waals surface area contributed by atoms with Crippen LogP contribution in [0.5, 0.6) is 0 Å². The maximum Gasteiger partial charge on any atom is 0.435 e. The van der Waals surface area contributed by atoms with Crippen LogP contribution in [0.2, 0.25) is 0 Å². The van der Waals surface area contributed by atoms with E-state index in [9.17, 15) is 22.8 Å². The number of carbonyl (C=O) groups is 2. The highest BCUT2D eigenvalue weighted by atomic mass is 19.4. The van der Waals surface area contributed by atoms with E-state index in [1.54, 1.807) is 0 Å². The number of carbonyl (C=O) groups excluding carboxylic acids is 1. The smallest absolute Gasteiger partial charge is 0.435 e. The van der Waals surface area contributed by atoms with Crippen LogP contribution in [0.25, 0.3) is 0 Å². The molecule has 0 aromatic carbocycles. The molecule has 1 amide bonds. The third-order valence-corrected chi connectivity index (χ3v) is 4.21. The number of carboxylic acid groups (broad SMARTS) is 1. The number of piperidine rings is 1. The van der Waals surface area contributed by atoms with Gasteiger partial charge in [0, 0.05) is 19.3 Å². The van der Waals surface area contributed by atoms with Crippen molar-refractivity contribution in [2.75, 3.05) is 13.1 Å². The monoisotopic (exact) mass is 368 g/mol. The van der Waals surface area contributed by atoms with Gasteiger partial charge in [0.1, 0.15) is 11.4 Å². The Morgan fingerprint density at radius 2 is 1.77 bits per heavy atom. The van der Waals surface area contributed by atoms with Gasteiger partial charge in [-0.1, -0.05) is 6.07 Å². The van der Waals surface area contributed by atoms with Crippen LogP contribution in [0.15, 0.2) is 30.5 Å². The summed E-state index contributed by atoms with van der Waals surface area (Å²) in [6.45, 7) is 0.646. The lowest BCUT2D eigenvalue weighted by atomic mass is 10.0. The number of pyridine rings is 1. The molecule has 2 aromatic heterocycles. The molecule has 26 heavy (non-hydrogen) atoms. The number of alkyl halides is 3. The lowest BCUT2D eigenvalue weighted by Gasteiger charge is -2.32. The van der Waals surface area contributed by atoms with Crippen LogP contribution in [-0.4, -0.2) is 49.7 Å². The number of hydrogen-bond acceptors (Lipinski definition) is 4. The highest BCUT2D eigenvalue weighted by Gasteiger charge is 2.34. The molecule has 0 radical (unpaired) electrons. The van der Waals surface area contributed by atoms with Crippen molar-refractivity contribution in [3.63, 3.8) is 0 Å². The van der Waals surface area contributed by atoms with Gasteiger partial charge >= 0.3 is 12.1 Å². The molecule has 10 heteroatoms. The summed E-state index contributed by atoms with van der Waals surface area (Å²) in [6.07, 6.45) is -2.29. The quantitative estimate of drug-likeness (QED) is 0.899. The average molecular weight is 368 g/mol. The Morgan fingerprint density at radius 1 is 1.12 bits per heavy atom. The Kier molecular flexibility index (Phi) is 4.66. The van der Waals surface area contributed by atoms with Crippen LogP contribution in [0.4, 0.5) is 13.2 Å². The van der Waals surface area contributed by atoms with Gasteiger partial charge in [0.05, 0.1) is 6.04 Å². The molecular formula is C16H15F3N4O3. The normalized spacial score (nSPS) is 15.9. The molecule has 0 atom stereocenters. The van der Waals surface area contributed by atoms with E-state index in [4.69, 9.17) is 5.11 Å². The Balaban J connectivity index is 1.65. The molecule has 3 heterocycles. The number of carboxylic acids is 1. The summed E-state index contributed by atoms with van der Waals surface area (Å²) in [5.41, 5.74) is -1.13. The Hall–Kier alpha value is -2.91. The minimum absolute atomic E-state index is 0.0294. The van der Waals surface area contributed by atoms with Gasteiger partial charge in [-0.3, -0.25) is 9.48 Å². The minimum Gasteiger partial charge on any atom is -0.477 e. The minimum atomic E-state index is -4.48. The molecule has 1 aliphatic heterocycles. The van der Waals surface area contributed by atoms with Crippen molar-refractivity contribution in [1.29, 1.82) is 0 Å². The summed E-state index contributed by atoms with van der Waals surface area (Å²) in [4.78, 5) is 28.7. The number of aromatic carboxylic acids is 1. The van der Waals surface area contributed by atoms with E-state index in [-0.39, 0.29) is 17.4 Å². The van der Waals surface area contributed by atoms with Crippen LogP contribution < -0.4 is 0 Å². The highest BCUT2D eigenvalue weighted by Crippen LogP contribution is 2.29. The summed E-state index contributed by atoms with van der Waals surface area (Å²) < 4.78 is 39.2. The second kappa shape index (κ2) is 6.77. The topological polar surface area (TPSA) is 88.3 Å². The summed E-state index contributed by atoms with van der Waals surface area (Å²) in [7, 11) is 0. The van der Waals surface area contributed by atoms with Crippen molar-refractivity contribution in [2.45, 2.75) is 25.1 Å². The summed E-state index contributed by atoms with van der Waals surface area (Å²) in [5.74, 6) is -1.62. The molecule has 0 saturated carbocycles. The fourth-order valence-electron chi connectivity index (χ4n) is 2.86. The molecule has 1 fully saturated rings. The highest BCUT2D eigenvalue weighted by molar-refractivity contribution is 5.94. The van der Waals surface area contributed by atoms with Crippen LogP contribution in [0.3, 0.4) is 0 Å². The number of hydrogen-bond donors (Lipinski definition) is 1. The molecular weight excluding hydrogens is 353 g/mol. The van der Waals surface area contributed by atoms with Crippen molar-refractivity contribution in [2.24, 2.45) is 0 Å². The second-order valence-corrected chi connectivity index (χ2v) is 5.92. The first-order valence-electron chi connectivity index (χ1n) is 7.87. The lowest BCUT2D eigenvalue weighted by Crippen LogP contribution is -2.39. The molecule has 0 spiro atoms. The van der Waals surface area contributed by atoms with Gasteiger partial charge in [0.15, 0.2) is 5.69 Å². The number of rotatable bonds is 3. The number of aromatic nitrogens is 3. The molecule has 1 N–H and O–H groups in total. The van der Waals surface area contributed by atoms with Crippen LogP contribution in [0.1, 0.15) is 45.6 Å². The molecule has 2 aromatic rings. The molecule has 1 aliphatic rings. The number of halogens is 3. The largest absolute Gasteiger partial charge is 0.477 e. The van der Waals surface area contributed by atoms with E-state index >= 15 is 0 Å². The zero-order valence-electron chi connectivity index (χ0n) is 13.5. The average Bonchev–Trinajstić information content (AvgIpc) is 3.12. The number of likely N-dealkylation sites (tertiary alicyclic amines) is 1. The van der Waals surface area contributed by atoms with Crippen LogP contribution in [-0.2, 0) is 6.18 Å². The fraction of sp³-hybridized carbons (Fsp3) is 0.375. The summed E-state index contributed by atoms with van der Waals surface area (Å²) >= 11 is 0. The predicted molar refractivity (Wildman–Crippen MR) is 82.6 cm³/mol. The summed E-state index contributed by atoms with van der Waals surface area (Å²) in [5, 5.41) is 12.5. The lowest BCUT2D eigenvalue weighted by molar-refractivity contribution is -0.141. The number of nitrogens with zero attached hydrogens (tertiary/aromatic N) is 4. The van der Waals surface area contributed by atoms with Gasteiger partial charge in [0.25, 0.3) is 5.91 Å². The third-order valence-electron chi connectivity index (χ3n) is 4.21. The molecule has 3 rings (SSSR count). The van der Waals surface area contributed by atoms with Crippen molar-refractivity contribution in [3.8, 4) is 0 Å². The van der Waals surface area contributed by atoms with Gasteiger partial charge in [-0.2, -0.15) is 18.3 Å². The van der Waals surface area contributed by atoms with E-state index < -0.39 is 23.7 Å². The van der Waals surface area contributed by atoms with E-state index in [0.29, 0.717) is 25.9 Å². The van der Waals surface area contributed by atoms with Gasteiger partial charge in [0.2, 0.25) is 0 Å². The first-order chi connectivity index (χ1) is 12.3. The number of amides is 1. The fourth-order valence-corrected chi connectivity index (χ4v) is 2.86. The Labute approximate surface area is 146 Å². The first-order valence-corrected chi connectivity index (χ1v) is 7.87. The van der Waals surface area contributed by atoms with Gasteiger partial charge in [-0.15, -0.1) is 0 Å². The van der Waals surface area contributed by atoms with E-state index in [1.165, 1.54) is 34.0 Å². The Morgan fingerprint density at radius 3 is 2.35 bits per heavy atom. The van der Waals surface area contributed by atoms with Gasteiger partial charge < -0.3 is 10.0 Å². The molecule has 7 nitrogen and oxygen atoms in total. The molecule has 1 saturated heterocycles. The molecule has 0 aliphatic carbocycles. The van der Waals surface area contributed by atoms with Gasteiger partial charge in [-0.05, 0) is 31.0 Å². The molecule has 0 bridgehead atoms. The van der Waals surface area contributed by atoms with Crippen molar-refractivity contribution in [3.05, 3.63) is 47.5 Å². The SMILES string of the molecule is O=C(O)c1cccc(C(=O)N2CCC(n3ccc(C(F)(F)F)n3)CC2)n1. The van der Waals surface area contributed by atoms with Crippen molar-refractivity contribution in [1.82, 2.24) is 19.7 Å². The molecule has 0 unspecified atom stereocenters. The van der Waals surface area contributed by atoms with Crippen LogP contribution in [0, 0.1) is 0 Å². The zero-order chi connectivity index (χ0) is 18.9. The van der Waals surface area contributed by atoms with E-state index in [0.717, 1.165) is 6.07 Å². The maximum absolute atomic E-state index is 12.6. The maximum atomic E-state index is 12.6. The predicted octanol–water partition coefficient (Wildman–Crippen LogP) is 2.47. The van der Waals surface area contributed by atoms with E-state index in [2.05, 4.69) is 10.1 Å².